The number of aryl methyl sites for hydroxylation is 2. The van der Waals surface area contributed by atoms with Crippen LogP contribution < -0.4 is 0 Å². The van der Waals surface area contributed by atoms with Crippen LogP contribution in [0.4, 0.5) is 5.69 Å². The van der Waals surface area contributed by atoms with E-state index in [1.807, 2.05) is 19.9 Å². The average Bonchev–Trinajstić information content (AvgIpc) is 3.15. The summed E-state index contributed by atoms with van der Waals surface area (Å²) in [6.45, 7) is 4.19. The maximum absolute atomic E-state index is 12.8. The molecule has 0 N–H and O–H groups in total. The standard InChI is InChI=1S/C19H18N4O5S/c1-11-7-12(2)21(20-11)9-15-18(22-16(24)8-17(22)29-15)19(25)28-10-13-3-5-14(6-4-13)23(26)27/h3-7,17H,8-10H2,1-2H3/t17-/m1/s1. The molecule has 2 aliphatic heterocycles. The van der Waals surface area contributed by atoms with Gasteiger partial charge in [-0.15, -0.1) is 11.8 Å². The second kappa shape index (κ2) is 7.36. The fourth-order valence-corrected chi connectivity index (χ4v) is 4.70. The summed E-state index contributed by atoms with van der Waals surface area (Å²) in [5, 5.41) is 15.1. The molecule has 2 aromatic rings. The van der Waals surface area contributed by atoms with Crippen LogP contribution in [0.5, 0.6) is 0 Å². The zero-order chi connectivity index (χ0) is 20.7. The van der Waals surface area contributed by atoms with Crippen LogP contribution in [0.15, 0.2) is 40.9 Å². The number of β-lactam (4-membered cyclic amide) rings is 1. The van der Waals surface area contributed by atoms with Crippen molar-refractivity contribution >= 4 is 29.3 Å². The van der Waals surface area contributed by atoms with E-state index in [0.717, 1.165) is 16.3 Å². The Morgan fingerprint density at radius 2 is 2.07 bits per heavy atom. The molecule has 0 aliphatic carbocycles. The van der Waals surface area contributed by atoms with Crippen LogP contribution in [-0.2, 0) is 27.5 Å². The van der Waals surface area contributed by atoms with Crippen molar-refractivity contribution in [2.75, 3.05) is 0 Å². The number of fused-ring (bicyclic) bond motifs is 1. The van der Waals surface area contributed by atoms with Crippen molar-refractivity contribution in [1.29, 1.82) is 0 Å². The maximum Gasteiger partial charge on any atom is 0.356 e. The van der Waals surface area contributed by atoms with Crippen LogP contribution in [0.2, 0.25) is 0 Å². The Bertz CT molecular complexity index is 1040. The molecule has 1 aromatic carbocycles. The molecule has 0 unspecified atom stereocenters. The molecule has 10 heteroatoms. The zero-order valence-electron chi connectivity index (χ0n) is 15.8. The molecule has 4 rings (SSSR count). The molecule has 0 saturated carbocycles. The lowest BCUT2D eigenvalue weighted by Crippen LogP contribution is -2.48. The molecule has 9 nitrogen and oxygen atoms in total. The quantitative estimate of drug-likeness (QED) is 0.309. The Hall–Kier alpha value is -3.14. The molecule has 29 heavy (non-hydrogen) atoms. The van der Waals surface area contributed by atoms with Crippen LogP contribution >= 0.6 is 11.8 Å². The summed E-state index contributed by atoms with van der Waals surface area (Å²) in [5.74, 6) is -0.684. The number of nitro benzene ring substituents is 1. The van der Waals surface area contributed by atoms with Crippen LogP contribution in [-0.4, -0.2) is 36.9 Å². The molecular formula is C19H18N4O5S. The van der Waals surface area contributed by atoms with Crippen LogP contribution in [0.25, 0.3) is 0 Å². The number of carbonyl (C=O) groups excluding carboxylic acids is 2. The van der Waals surface area contributed by atoms with E-state index in [-0.39, 0.29) is 29.3 Å². The molecule has 0 bridgehead atoms. The van der Waals surface area contributed by atoms with E-state index in [1.165, 1.54) is 40.9 Å². The van der Waals surface area contributed by atoms with Gasteiger partial charge in [-0.3, -0.25) is 24.5 Å². The lowest BCUT2D eigenvalue weighted by molar-refractivity contribution is -0.384. The Kier molecular flexibility index (Phi) is 4.87. The van der Waals surface area contributed by atoms with E-state index in [2.05, 4.69) is 5.10 Å². The third kappa shape index (κ3) is 3.63. The molecule has 1 aromatic heterocycles. The van der Waals surface area contributed by atoms with Crippen LogP contribution in [0, 0.1) is 24.0 Å². The van der Waals surface area contributed by atoms with Gasteiger partial charge in [0.25, 0.3) is 5.69 Å². The van der Waals surface area contributed by atoms with Crippen molar-refractivity contribution in [1.82, 2.24) is 14.7 Å². The molecule has 2 aliphatic rings. The third-order valence-electron chi connectivity index (χ3n) is 4.80. The molecule has 150 valence electrons. The smallest absolute Gasteiger partial charge is 0.356 e. The van der Waals surface area contributed by atoms with Crippen molar-refractivity contribution in [2.24, 2.45) is 0 Å². The van der Waals surface area contributed by atoms with Crippen molar-refractivity contribution in [2.45, 2.75) is 38.8 Å². The van der Waals surface area contributed by atoms with Crippen molar-refractivity contribution < 1.29 is 19.2 Å². The van der Waals surface area contributed by atoms with Crippen LogP contribution in [0.3, 0.4) is 0 Å². The number of esters is 1. The summed E-state index contributed by atoms with van der Waals surface area (Å²) in [4.78, 5) is 37.3. The second-order valence-corrected chi connectivity index (χ2v) is 8.17. The van der Waals surface area contributed by atoms with Crippen LogP contribution in [0.1, 0.15) is 23.4 Å². The SMILES string of the molecule is Cc1cc(C)n(CC2=C(C(=O)OCc3ccc([N+](=O)[O-])cc3)N3C(=O)C[C@H]3S2)n1. The minimum atomic E-state index is -0.581. The van der Waals surface area contributed by atoms with Crippen molar-refractivity contribution in [3.63, 3.8) is 0 Å². The summed E-state index contributed by atoms with van der Waals surface area (Å²) in [7, 11) is 0. The Morgan fingerprint density at radius 1 is 1.34 bits per heavy atom. The van der Waals surface area contributed by atoms with E-state index < -0.39 is 10.9 Å². The highest BCUT2D eigenvalue weighted by molar-refractivity contribution is 8.04. The highest BCUT2D eigenvalue weighted by Gasteiger charge is 2.48. The van der Waals surface area contributed by atoms with Gasteiger partial charge in [-0.1, -0.05) is 0 Å². The first kappa shape index (κ1) is 19.2. The summed E-state index contributed by atoms with van der Waals surface area (Å²) in [5.41, 5.74) is 2.71. The molecule has 0 spiro atoms. The molecule has 0 radical (unpaired) electrons. The van der Waals surface area contributed by atoms with Gasteiger partial charge in [0.2, 0.25) is 5.91 Å². The van der Waals surface area contributed by atoms with Gasteiger partial charge in [0.05, 0.1) is 29.0 Å². The first-order valence-electron chi connectivity index (χ1n) is 8.97. The number of nitrogens with zero attached hydrogens (tertiary/aromatic N) is 4. The van der Waals surface area contributed by atoms with Gasteiger partial charge in [-0.05, 0) is 37.6 Å². The number of carbonyl (C=O) groups is 2. The number of hydrogen-bond donors (Lipinski definition) is 0. The van der Waals surface area contributed by atoms with E-state index in [9.17, 15) is 19.7 Å². The summed E-state index contributed by atoms with van der Waals surface area (Å²) < 4.78 is 7.22. The van der Waals surface area contributed by atoms with Gasteiger partial charge in [-0.25, -0.2) is 4.79 Å². The fourth-order valence-electron chi connectivity index (χ4n) is 3.33. The summed E-state index contributed by atoms with van der Waals surface area (Å²) >= 11 is 1.49. The predicted octanol–water partition coefficient (Wildman–Crippen LogP) is 2.67. The first-order chi connectivity index (χ1) is 13.8. The van der Waals surface area contributed by atoms with Gasteiger partial charge >= 0.3 is 5.97 Å². The van der Waals surface area contributed by atoms with E-state index in [0.29, 0.717) is 18.5 Å². The molecule has 1 atom stereocenters. The molecule has 1 saturated heterocycles. The van der Waals surface area contributed by atoms with Gasteiger partial charge in [-0.2, -0.15) is 5.10 Å². The summed E-state index contributed by atoms with van der Waals surface area (Å²) in [6, 6.07) is 7.75. The Labute approximate surface area is 170 Å². The third-order valence-corrected chi connectivity index (χ3v) is 6.05. The number of hydrogen-bond acceptors (Lipinski definition) is 7. The zero-order valence-corrected chi connectivity index (χ0v) is 16.6. The number of rotatable bonds is 6. The largest absolute Gasteiger partial charge is 0.456 e. The monoisotopic (exact) mass is 414 g/mol. The van der Waals surface area contributed by atoms with Gasteiger partial charge < -0.3 is 4.74 Å². The van der Waals surface area contributed by atoms with E-state index in [4.69, 9.17) is 4.74 Å². The highest BCUT2D eigenvalue weighted by Crippen LogP contribution is 2.47. The number of ether oxygens (including phenoxy) is 1. The Balaban J connectivity index is 1.52. The van der Waals surface area contributed by atoms with Gasteiger partial charge in [0.15, 0.2) is 0 Å². The number of amides is 1. The number of non-ortho nitro benzene ring substituents is 1. The number of benzene rings is 1. The lowest BCUT2D eigenvalue weighted by atomic mass is 10.1. The van der Waals surface area contributed by atoms with E-state index >= 15 is 0 Å². The van der Waals surface area contributed by atoms with E-state index in [1.54, 1.807) is 4.68 Å². The average molecular weight is 414 g/mol. The molecule has 3 heterocycles. The molecule has 1 fully saturated rings. The minimum Gasteiger partial charge on any atom is -0.456 e. The number of allylic oxidation sites excluding steroid dienone is 1. The van der Waals surface area contributed by atoms with Gasteiger partial charge in [0, 0.05) is 22.7 Å². The predicted molar refractivity (Wildman–Crippen MR) is 104 cm³/mol. The maximum atomic E-state index is 12.8. The molecular weight excluding hydrogens is 396 g/mol. The molecule has 1 amide bonds. The fraction of sp³-hybridized carbons (Fsp3) is 0.316. The second-order valence-electron chi connectivity index (χ2n) is 6.90. The topological polar surface area (TPSA) is 108 Å². The number of aromatic nitrogens is 2. The van der Waals surface area contributed by atoms with Gasteiger partial charge in [0.1, 0.15) is 12.3 Å². The van der Waals surface area contributed by atoms with Crippen molar-refractivity contribution in [3.8, 4) is 0 Å². The lowest BCUT2D eigenvalue weighted by Gasteiger charge is -2.34. The highest BCUT2D eigenvalue weighted by atomic mass is 32.2. The first-order valence-corrected chi connectivity index (χ1v) is 9.85. The number of nitro groups is 1. The number of thioether (sulfide) groups is 1. The normalized spacial score (nSPS) is 17.9. The summed E-state index contributed by atoms with van der Waals surface area (Å²) in [6.07, 6.45) is 0.393. The van der Waals surface area contributed by atoms with Crippen molar-refractivity contribution in [3.05, 3.63) is 68.0 Å². The Morgan fingerprint density at radius 3 is 2.66 bits per heavy atom. The minimum absolute atomic E-state index is 0.0313.